The number of alkyl halides is 1. The summed E-state index contributed by atoms with van der Waals surface area (Å²) in [5, 5.41) is 0. The summed E-state index contributed by atoms with van der Waals surface area (Å²) in [5.41, 5.74) is 0.671. The molecule has 0 amide bonds. The van der Waals surface area contributed by atoms with E-state index in [-0.39, 0.29) is 32.5 Å². The van der Waals surface area contributed by atoms with E-state index in [2.05, 4.69) is 0 Å². The number of rotatable bonds is 7. The van der Waals surface area contributed by atoms with Crippen LogP contribution in [0.2, 0.25) is 0 Å². The van der Waals surface area contributed by atoms with Gasteiger partial charge in [0, 0.05) is 51.3 Å². The van der Waals surface area contributed by atoms with Crippen molar-refractivity contribution in [3.8, 4) is 16.9 Å². The van der Waals surface area contributed by atoms with Gasteiger partial charge < -0.3 is 14.4 Å². The Morgan fingerprint density at radius 3 is 2.52 bits per heavy atom. The summed E-state index contributed by atoms with van der Waals surface area (Å²) < 4.78 is 40.4. The van der Waals surface area contributed by atoms with Crippen LogP contribution in [0.15, 0.2) is 47.4 Å². The second kappa shape index (κ2) is 9.78. The van der Waals surface area contributed by atoms with Gasteiger partial charge in [0.1, 0.15) is 16.7 Å². The number of carbonyl (C=O) groups excluding carboxylic acids is 1. The van der Waals surface area contributed by atoms with Crippen LogP contribution in [0.5, 0.6) is 5.75 Å². The van der Waals surface area contributed by atoms with Gasteiger partial charge in [-0.2, -0.15) is 0 Å². The predicted molar refractivity (Wildman–Crippen MR) is 120 cm³/mol. The summed E-state index contributed by atoms with van der Waals surface area (Å²) in [5.74, 6) is -0.119. The zero-order chi connectivity index (χ0) is 22.6. The van der Waals surface area contributed by atoms with Gasteiger partial charge in [-0.05, 0) is 42.8 Å². The molecular weight excluding hydrogens is 419 g/mol. The first-order valence-electron chi connectivity index (χ1n) is 10.3. The van der Waals surface area contributed by atoms with Crippen LogP contribution in [0.3, 0.4) is 0 Å². The topological polar surface area (TPSA) is 59.1 Å². The van der Waals surface area contributed by atoms with E-state index < -0.39 is 22.6 Å². The molecule has 1 aliphatic heterocycles. The highest BCUT2D eigenvalue weighted by Gasteiger charge is 2.44. The van der Waals surface area contributed by atoms with E-state index in [9.17, 15) is 13.4 Å². The smallest absolute Gasteiger partial charge is 0.343 e. The Bertz CT molecular complexity index is 958. The molecule has 1 fully saturated rings. The van der Waals surface area contributed by atoms with Crippen molar-refractivity contribution in [2.45, 2.75) is 30.3 Å². The molecule has 0 aliphatic carbocycles. The average molecular weight is 449 g/mol. The van der Waals surface area contributed by atoms with E-state index in [1.54, 1.807) is 18.3 Å². The van der Waals surface area contributed by atoms with Crippen LogP contribution in [-0.4, -0.2) is 61.1 Å². The molecule has 2 aromatic carbocycles. The third-order valence-electron chi connectivity index (χ3n) is 5.44. The van der Waals surface area contributed by atoms with Crippen LogP contribution in [0.1, 0.15) is 19.8 Å². The number of anilines is 1. The lowest BCUT2D eigenvalue weighted by atomic mass is 9.95. The third kappa shape index (κ3) is 5.07. The first kappa shape index (κ1) is 23.2. The van der Waals surface area contributed by atoms with Crippen molar-refractivity contribution in [3.63, 3.8) is 0 Å². The number of hydrogen-bond acceptors (Lipinski definition) is 5. The molecule has 3 rings (SSSR count). The molecule has 1 atom stereocenters. The number of ether oxygens (including phenoxy) is 2. The quantitative estimate of drug-likeness (QED) is 0.603. The van der Waals surface area contributed by atoms with Crippen LogP contribution >= 0.6 is 0 Å². The van der Waals surface area contributed by atoms with Crippen molar-refractivity contribution < 1.29 is 22.9 Å². The largest absolute Gasteiger partial charge is 0.497 e. The van der Waals surface area contributed by atoms with Crippen LogP contribution in [0.4, 0.5) is 10.1 Å². The predicted octanol–water partition coefficient (Wildman–Crippen LogP) is 3.82. The van der Waals surface area contributed by atoms with Gasteiger partial charge in [0.15, 0.2) is 0 Å². The van der Waals surface area contributed by atoms with Crippen molar-refractivity contribution in [2.75, 3.05) is 45.8 Å². The normalized spacial score (nSPS) is 17.1. The first-order valence-corrected chi connectivity index (χ1v) is 11.4. The average Bonchev–Trinajstić information content (AvgIpc) is 2.79. The summed E-state index contributed by atoms with van der Waals surface area (Å²) >= 11 is 0. The van der Waals surface area contributed by atoms with E-state index in [4.69, 9.17) is 9.47 Å². The molecule has 0 saturated carbocycles. The Morgan fingerprint density at radius 2 is 1.90 bits per heavy atom. The number of halogens is 1. The van der Waals surface area contributed by atoms with Crippen molar-refractivity contribution in [2.24, 2.45) is 0 Å². The molecule has 1 heterocycles. The molecule has 31 heavy (non-hydrogen) atoms. The van der Waals surface area contributed by atoms with Gasteiger partial charge in [-0.25, -0.2) is 17.7 Å². The Balaban J connectivity index is 1.90. The van der Waals surface area contributed by atoms with Crippen LogP contribution < -0.4 is 9.64 Å². The first-order chi connectivity index (χ1) is 14.8. The summed E-state index contributed by atoms with van der Waals surface area (Å²) in [6.45, 7) is 2.20. The fourth-order valence-corrected chi connectivity index (χ4v) is 4.92. The fourth-order valence-electron chi connectivity index (χ4n) is 3.57. The molecule has 0 spiro atoms. The highest BCUT2D eigenvalue weighted by atomic mass is 32.2. The second-order valence-corrected chi connectivity index (χ2v) is 9.13. The zero-order valence-corrected chi connectivity index (χ0v) is 19.2. The molecule has 8 heteroatoms. The third-order valence-corrected chi connectivity index (χ3v) is 7.01. The lowest BCUT2D eigenvalue weighted by Gasteiger charge is -2.34. The molecule has 168 valence electrons. The number of piperidine rings is 1. The monoisotopic (exact) mass is 448 g/mol. The molecule has 0 N–H and O–H groups in total. The van der Waals surface area contributed by atoms with Crippen molar-refractivity contribution >= 4 is 22.6 Å². The molecule has 1 unspecified atom stereocenters. The van der Waals surface area contributed by atoms with E-state index in [0.717, 1.165) is 16.8 Å². The summed E-state index contributed by atoms with van der Waals surface area (Å²) in [6.07, 6.45) is -0.0797. The van der Waals surface area contributed by atoms with E-state index in [1.807, 2.05) is 61.5 Å². The number of methoxy groups -OCH3 is 1. The van der Waals surface area contributed by atoms with Crippen molar-refractivity contribution in [1.82, 2.24) is 4.31 Å². The van der Waals surface area contributed by atoms with Gasteiger partial charge >= 0.3 is 5.97 Å². The molecule has 1 saturated heterocycles. The number of nitrogens with zero attached hydrogens (tertiary/aromatic N) is 2. The Kier molecular flexibility index (Phi) is 7.33. The van der Waals surface area contributed by atoms with Gasteiger partial charge in [-0.1, -0.05) is 12.1 Å². The molecule has 0 bridgehead atoms. The zero-order valence-electron chi connectivity index (χ0n) is 18.4. The lowest BCUT2D eigenvalue weighted by Crippen LogP contribution is -2.47. The van der Waals surface area contributed by atoms with Gasteiger partial charge in [0.2, 0.25) is 5.67 Å². The minimum absolute atomic E-state index is 0.0398. The number of esters is 1. The minimum atomic E-state index is -2.01. The Hall–Kier alpha value is -2.45. The second-order valence-electron chi connectivity index (χ2n) is 7.67. The molecule has 0 aromatic heterocycles. The number of hydrogen-bond donors (Lipinski definition) is 0. The molecular formula is C23H29FN2O4S. The highest BCUT2D eigenvalue weighted by Crippen LogP contribution is 2.35. The van der Waals surface area contributed by atoms with Crippen molar-refractivity contribution in [3.05, 3.63) is 42.5 Å². The Labute approximate surface area is 185 Å². The maximum atomic E-state index is 14.9. The number of benzene rings is 2. The highest BCUT2D eigenvalue weighted by molar-refractivity contribution is 7.82. The molecule has 2 aromatic rings. The van der Waals surface area contributed by atoms with Crippen molar-refractivity contribution in [1.29, 1.82) is 0 Å². The Morgan fingerprint density at radius 1 is 1.19 bits per heavy atom. The van der Waals surface area contributed by atoms with Gasteiger partial charge in [-0.3, -0.25) is 0 Å². The van der Waals surface area contributed by atoms with Gasteiger partial charge in [0.05, 0.1) is 18.6 Å². The van der Waals surface area contributed by atoms with Crippen LogP contribution in [-0.2, 0) is 20.5 Å². The maximum Gasteiger partial charge on any atom is 0.343 e. The summed E-state index contributed by atoms with van der Waals surface area (Å²) in [4.78, 5) is 14.6. The SMILES string of the molecule is CCOC(=O)C1(F)CCN(S(=O)c2ccc(N(C)C)cc2-c2cccc(OC)c2)CC1. The molecule has 0 radical (unpaired) electrons. The van der Waals surface area contributed by atoms with Crippen LogP contribution in [0, 0.1) is 0 Å². The minimum Gasteiger partial charge on any atom is -0.497 e. The fraction of sp³-hybridized carbons (Fsp3) is 0.435. The van der Waals surface area contributed by atoms with Gasteiger partial charge in [0.25, 0.3) is 0 Å². The number of carbonyl (C=O) groups is 1. The maximum absolute atomic E-state index is 14.9. The van der Waals surface area contributed by atoms with E-state index in [0.29, 0.717) is 10.6 Å². The standard InChI is InChI=1S/C23H29FN2O4S/c1-5-30-22(27)23(24)11-13-26(14-12-23)31(28)21-10-9-18(25(2)3)16-20(21)17-7-6-8-19(15-17)29-4/h6-10,15-16H,5,11-14H2,1-4H3. The lowest BCUT2D eigenvalue weighted by molar-refractivity contribution is -0.160. The van der Waals surface area contributed by atoms with E-state index in [1.165, 1.54) is 0 Å². The molecule has 6 nitrogen and oxygen atoms in total. The van der Waals surface area contributed by atoms with Crippen LogP contribution in [0.25, 0.3) is 11.1 Å². The van der Waals surface area contributed by atoms with Gasteiger partial charge in [-0.15, -0.1) is 0 Å². The molecule has 1 aliphatic rings. The summed E-state index contributed by atoms with van der Waals surface area (Å²) in [7, 11) is 3.99. The van der Waals surface area contributed by atoms with E-state index >= 15 is 0 Å². The summed E-state index contributed by atoms with van der Waals surface area (Å²) in [6, 6.07) is 13.4.